The number of hydrogen-bond donors (Lipinski definition) is 0. The van der Waals surface area contributed by atoms with Crippen molar-refractivity contribution < 1.29 is 28.7 Å². The standard InChI is InChI=1S/C10H14O6/c1-6(16-10(14)8(3)12)4-5-15-9(13)7(2)11/h6H,4-5H2,1-3H3/t6-/m0/s1. The molecule has 0 rings (SSSR count). The lowest BCUT2D eigenvalue weighted by atomic mass is 10.3. The van der Waals surface area contributed by atoms with Gasteiger partial charge in [-0.25, -0.2) is 9.59 Å². The van der Waals surface area contributed by atoms with Crippen molar-refractivity contribution in [2.24, 2.45) is 0 Å². The molecule has 90 valence electrons. The summed E-state index contributed by atoms with van der Waals surface area (Å²) in [6.45, 7) is 3.72. The minimum atomic E-state index is -0.926. The van der Waals surface area contributed by atoms with Gasteiger partial charge in [0.2, 0.25) is 11.6 Å². The maximum atomic E-state index is 10.8. The molecule has 0 bridgehead atoms. The highest BCUT2D eigenvalue weighted by Crippen LogP contribution is 1.99. The molecule has 0 fully saturated rings. The van der Waals surface area contributed by atoms with Gasteiger partial charge in [0.1, 0.15) is 6.10 Å². The average molecular weight is 230 g/mol. The molecule has 0 aliphatic carbocycles. The van der Waals surface area contributed by atoms with Gasteiger partial charge >= 0.3 is 11.9 Å². The first-order chi connectivity index (χ1) is 7.34. The van der Waals surface area contributed by atoms with Gasteiger partial charge < -0.3 is 9.47 Å². The molecule has 0 aromatic rings. The molecule has 0 unspecified atom stereocenters. The van der Waals surface area contributed by atoms with E-state index in [2.05, 4.69) is 9.47 Å². The fourth-order valence-electron chi connectivity index (χ4n) is 0.744. The molecule has 0 aliphatic rings. The third kappa shape index (κ3) is 5.90. The van der Waals surface area contributed by atoms with E-state index < -0.39 is 29.6 Å². The Morgan fingerprint density at radius 2 is 1.50 bits per heavy atom. The Morgan fingerprint density at radius 3 is 1.94 bits per heavy atom. The molecule has 0 aromatic carbocycles. The van der Waals surface area contributed by atoms with Crippen molar-refractivity contribution in [2.45, 2.75) is 33.3 Å². The molecule has 0 saturated carbocycles. The first kappa shape index (κ1) is 14.3. The van der Waals surface area contributed by atoms with E-state index >= 15 is 0 Å². The predicted octanol–water partition coefficient (Wildman–Crippen LogP) is 0.0294. The summed E-state index contributed by atoms with van der Waals surface area (Å²) in [6, 6.07) is 0. The van der Waals surface area contributed by atoms with E-state index in [1.165, 1.54) is 0 Å². The Hall–Kier alpha value is -1.72. The summed E-state index contributed by atoms with van der Waals surface area (Å²) in [5.74, 6) is -3.23. The van der Waals surface area contributed by atoms with E-state index in [1.54, 1.807) is 6.92 Å². The van der Waals surface area contributed by atoms with E-state index in [0.717, 1.165) is 13.8 Å². The summed E-state index contributed by atoms with van der Waals surface area (Å²) in [5, 5.41) is 0. The van der Waals surface area contributed by atoms with Gasteiger partial charge in [-0.15, -0.1) is 0 Å². The van der Waals surface area contributed by atoms with Crippen LogP contribution in [0.3, 0.4) is 0 Å². The SMILES string of the molecule is CC(=O)C(=O)OCC[C@H](C)OC(=O)C(C)=O. The Kier molecular flexibility index (Phi) is 5.99. The Bertz CT molecular complexity index is 306. The number of ketones is 2. The topological polar surface area (TPSA) is 86.7 Å². The van der Waals surface area contributed by atoms with Crippen LogP contribution >= 0.6 is 0 Å². The summed E-state index contributed by atoms with van der Waals surface area (Å²) in [7, 11) is 0. The Morgan fingerprint density at radius 1 is 1.00 bits per heavy atom. The van der Waals surface area contributed by atoms with Crippen LogP contribution in [-0.4, -0.2) is 36.2 Å². The molecule has 0 aliphatic heterocycles. The second-order valence-electron chi connectivity index (χ2n) is 3.25. The number of rotatable bonds is 6. The number of ether oxygens (including phenoxy) is 2. The van der Waals surface area contributed by atoms with Crippen LogP contribution < -0.4 is 0 Å². The zero-order chi connectivity index (χ0) is 12.7. The molecular weight excluding hydrogens is 216 g/mol. The monoisotopic (exact) mass is 230 g/mol. The van der Waals surface area contributed by atoms with Crippen molar-refractivity contribution in [3.8, 4) is 0 Å². The zero-order valence-electron chi connectivity index (χ0n) is 9.44. The van der Waals surface area contributed by atoms with E-state index in [0.29, 0.717) is 0 Å². The van der Waals surface area contributed by atoms with Gasteiger partial charge in [0, 0.05) is 20.3 Å². The van der Waals surface area contributed by atoms with E-state index in [1.807, 2.05) is 0 Å². The zero-order valence-corrected chi connectivity index (χ0v) is 9.44. The molecular formula is C10H14O6. The molecule has 0 saturated heterocycles. The highest BCUT2D eigenvalue weighted by atomic mass is 16.6. The van der Waals surface area contributed by atoms with Crippen LogP contribution in [0.4, 0.5) is 0 Å². The summed E-state index contributed by atoms with van der Waals surface area (Å²) in [4.78, 5) is 42.6. The number of carbonyl (C=O) groups excluding carboxylic acids is 4. The van der Waals surface area contributed by atoms with Gasteiger partial charge in [0.05, 0.1) is 6.61 Å². The van der Waals surface area contributed by atoms with E-state index in [4.69, 9.17) is 0 Å². The number of Topliss-reactive ketones (excluding diaryl/α,β-unsaturated/α-hetero) is 2. The van der Waals surface area contributed by atoms with Crippen LogP contribution in [0.25, 0.3) is 0 Å². The minimum Gasteiger partial charge on any atom is -0.460 e. The van der Waals surface area contributed by atoms with E-state index in [-0.39, 0.29) is 13.0 Å². The molecule has 6 nitrogen and oxygen atoms in total. The smallest absolute Gasteiger partial charge is 0.374 e. The fourth-order valence-corrected chi connectivity index (χ4v) is 0.744. The molecule has 0 spiro atoms. The number of carbonyl (C=O) groups is 4. The molecule has 1 atom stereocenters. The number of hydrogen-bond acceptors (Lipinski definition) is 6. The molecule has 0 heterocycles. The van der Waals surface area contributed by atoms with Crippen LogP contribution in [0.1, 0.15) is 27.2 Å². The van der Waals surface area contributed by atoms with Crippen LogP contribution in [0.2, 0.25) is 0 Å². The van der Waals surface area contributed by atoms with Gasteiger partial charge in [0.25, 0.3) is 0 Å². The van der Waals surface area contributed by atoms with Gasteiger partial charge in [0.15, 0.2) is 0 Å². The van der Waals surface area contributed by atoms with Crippen LogP contribution in [0.15, 0.2) is 0 Å². The average Bonchev–Trinajstić information content (AvgIpc) is 2.16. The maximum absolute atomic E-state index is 10.8. The second-order valence-corrected chi connectivity index (χ2v) is 3.25. The van der Waals surface area contributed by atoms with Crippen LogP contribution in [0.5, 0.6) is 0 Å². The Balaban J connectivity index is 3.78. The predicted molar refractivity (Wildman–Crippen MR) is 52.5 cm³/mol. The first-order valence-corrected chi connectivity index (χ1v) is 4.73. The summed E-state index contributed by atoms with van der Waals surface area (Å²) in [5.41, 5.74) is 0. The molecule has 6 heteroatoms. The maximum Gasteiger partial charge on any atom is 0.374 e. The molecule has 16 heavy (non-hydrogen) atoms. The lowest BCUT2D eigenvalue weighted by Gasteiger charge is -2.11. The molecule has 0 radical (unpaired) electrons. The van der Waals surface area contributed by atoms with Crippen molar-refractivity contribution in [1.82, 2.24) is 0 Å². The number of esters is 2. The van der Waals surface area contributed by atoms with Crippen molar-refractivity contribution >= 4 is 23.5 Å². The molecule has 0 aromatic heterocycles. The summed E-state index contributed by atoms with van der Waals surface area (Å²) in [6.07, 6.45) is -0.311. The molecule has 0 N–H and O–H groups in total. The van der Waals surface area contributed by atoms with Gasteiger partial charge in [-0.1, -0.05) is 0 Å². The highest BCUT2D eigenvalue weighted by Gasteiger charge is 2.15. The van der Waals surface area contributed by atoms with E-state index in [9.17, 15) is 19.2 Å². The second kappa shape index (κ2) is 6.71. The van der Waals surface area contributed by atoms with Crippen molar-refractivity contribution in [3.63, 3.8) is 0 Å². The van der Waals surface area contributed by atoms with Crippen molar-refractivity contribution in [3.05, 3.63) is 0 Å². The van der Waals surface area contributed by atoms with Crippen LogP contribution in [0, 0.1) is 0 Å². The van der Waals surface area contributed by atoms with Gasteiger partial charge in [-0.3, -0.25) is 9.59 Å². The highest BCUT2D eigenvalue weighted by molar-refractivity contribution is 6.32. The summed E-state index contributed by atoms with van der Waals surface area (Å²) < 4.78 is 9.24. The lowest BCUT2D eigenvalue weighted by molar-refractivity contribution is -0.158. The summed E-state index contributed by atoms with van der Waals surface area (Å²) >= 11 is 0. The van der Waals surface area contributed by atoms with Crippen molar-refractivity contribution in [2.75, 3.05) is 6.61 Å². The quantitative estimate of drug-likeness (QED) is 0.472. The van der Waals surface area contributed by atoms with Crippen LogP contribution in [-0.2, 0) is 28.7 Å². The largest absolute Gasteiger partial charge is 0.460 e. The van der Waals surface area contributed by atoms with Gasteiger partial charge in [-0.05, 0) is 6.92 Å². The normalized spacial score (nSPS) is 11.4. The lowest BCUT2D eigenvalue weighted by Crippen LogP contribution is -2.23. The third-order valence-corrected chi connectivity index (χ3v) is 1.64. The minimum absolute atomic E-state index is 0.0369. The molecule has 0 amide bonds. The van der Waals surface area contributed by atoms with Gasteiger partial charge in [-0.2, -0.15) is 0 Å². The third-order valence-electron chi connectivity index (χ3n) is 1.64. The fraction of sp³-hybridized carbons (Fsp3) is 0.600. The van der Waals surface area contributed by atoms with Crippen molar-refractivity contribution in [1.29, 1.82) is 0 Å². The first-order valence-electron chi connectivity index (χ1n) is 4.73. The Labute approximate surface area is 92.9 Å².